The Hall–Kier alpha value is -0.805. The van der Waals surface area contributed by atoms with Crippen LogP contribution in [0.2, 0.25) is 6.32 Å². The highest BCUT2D eigenvalue weighted by Gasteiger charge is 2.50. The summed E-state index contributed by atoms with van der Waals surface area (Å²) in [5.74, 6) is -0.353. The molecule has 1 fully saturated rings. The van der Waals surface area contributed by atoms with E-state index < -0.39 is 5.60 Å². The Morgan fingerprint density at radius 3 is 2.00 bits per heavy atom. The second kappa shape index (κ2) is 5.53. The first-order chi connectivity index (χ1) is 8.84. The van der Waals surface area contributed by atoms with Crippen molar-refractivity contribution in [3.05, 3.63) is 12.2 Å². The van der Waals surface area contributed by atoms with Gasteiger partial charge >= 0.3 is 13.1 Å². The van der Waals surface area contributed by atoms with Gasteiger partial charge in [-0.05, 0) is 61.2 Å². The van der Waals surface area contributed by atoms with E-state index in [1.54, 1.807) is 0 Å². The Balaban J connectivity index is 2.46. The molecule has 0 atom stereocenters. The molecule has 1 rings (SSSR count). The lowest BCUT2D eigenvalue weighted by atomic mass is 9.81. The molecule has 0 aliphatic carbocycles. The summed E-state index contributed by atoms with van der Waals surface area (Å²) in [6.45, 7) is 17.3. The van der Waals surface area contributed by atoms with E-state index in [9.17, 15) is 4.79 Å². The highest BCUT2D eigenvalue weighted by Crippen LogP contribution is 2.38. The average molecular weight is 282 g/mol. The number of ether oxygens (including phenoxy) is 1. The minimum Gasteiger partial charge on any atom is -0.457 e. The second-order valence-corrected chi connectivity index (χ2v) is 7.33. The average Bonchev–Trinajstić information content (AvgIpc) is 2.41. The molecule has 0 aromatic carbocycles. The van der Waals surface area contributed by atoms with Gasteiger partial charge in [0.15, 0.2) is 0 Å². The van der Waals surface area contributed by atoms with E-state index in [1.165, 1.54) is 0 Å². The van der Waals surface area contributed by atoms with Gasteiger partial charge in [-0.2, -0.15) is 0 Å². The first-order valence-corrected chi connectivity index (χ1v) is 7.11. The van der Waals surface area contributed by atoms with Crippen LogP contribution < -0.4 is 0 Å². The molecule has 1 aliphatic rings. The quantitative estimate of drug-likeness (QED) is 0.450. The Labute approximate surface area is 123 Å². The Morgan fingerprint density at radius 1 is 1.15 bits per heavy atom. The van der Waals surface area contributed by atoms with Gasteiger partial charge in [0, 0.05) is 5.57 Å². The Kier molecular flexibility index (Phi) is 4.77. The number of hydrogen-bond acceptors (Lipinski definition) is 4. The lowest BCUT2D eigenvalue weighted by molar-refractivity contribution is -0.149. The van der Waals surface area contributed by atoms with Crippen LogP contribution in [-0.4, -0.2) is 29.9 Å². The van der Waals surface area contributed by atoms with Gasteiger partial charge in [-0.15, -0.1) is 0 Å². The van der Waals surface area contributed by atoms with Crippen LogP contribution in [0.1, 0.15) is 54.9 Å². The van der Waals surface area contributed by atoms with Gasteiger partial charge in [0.2, 0.25) is 0 Å². The van der Waals surface area contributed by atoms with Gasteiger partial charge in [0.25, 0.3) is 0 Å². The maximum atomic E-state index is 11.8. The molecular formula is C15H27BO4. The number of carbonyl (C=O) groups excluding carboxylic acids is 1. The van der Waals surface area contributed by atoms with Crippen LogP contribution in [-0.2, 0) is 18.8 Å². The van der Waals surface area contributed by atoms with Gasteiger partial charge in [-0.1, -0.05) is 6.58 Å². The van der Waals surface area contributed by atoms with Crippen molar-refractivity contribution in [1.82, 2.24) is 0 Å². The van der Waals surface area contributed by atoms with Gasteiger partial charge in [0.05, 0.1) is 11.2 Å². The molecule has 5 heteroatoms. The number of rotatable bonds is 4. The summed E-state index contributed by atoms with van der Waals surface area (Å²) in [4.78, 5) is 11.8. The molecule has 4 nitrogen and oxygen atoms in total. The lowest BCUT2D eigenvalue weighted by Gasteiger charge is -2.32. The van der Waals surface area contributed by atoms with Crippen molar-refractivity contribution in [2.45, 2.75) is 78.0 Å². The fraction of sp³-hybridized carbons (Fsp3) is 0.800. The van der Waals surface area contributed by atoms with E-state index in [0.717, 1.165) is 0 Å². The number of hydrogen-bond donors (Lipinski definition) is 0. The molecule has 0 aromatic heterocycles. The molecular weight excluding hydrogens is 255 g/mol. The third-order valence-corrected chi connectivity index (χ3v) is 3.67. The molecule has 0 radical (unpaired) electrons. The zero-order valence-electron chi connectivity index (χ0n) is 13.8. The standard InChI is InChI=1S/C15H27BO4/c1-11(12(17)18-13(2,3)4)9-10-16-19-14(5,6)15(7,8)20-16/h1,9-10H2,2-8H3. The van der Waals surface area contributed by atoms with Gasteiger partial charge in [-0.3, -0.25) is 0 Å². The van der Waals surface area contributed by atoms with E-state index in [4.69, 9.17) is 14.0 Å². The summed E-state index contributed by atoms with van der Waals surface area (Å²) >= 11 is 0. The summed E-state index contributed by atoms with van der Waals surface area (Å²) in [7, 11) is -0.306. The molecule has 20 heavy (non-hydrogen) atoms. The van der Waals surface area contributed by atoms with E-state index in [0.29, 0.717) is 18.3 Å². The predicted octanol–water partition coefficient (Wildman–Crippen LogP) is 3.37. The van der Waals surface area contributed by atoms with Crippen LogP contribution in [0.15, 0.2) is 12.2 Å². The molecule has 0 unspecified atom stereocenters. The first-order valence-electron chi connectivity index (χ1n) is 7.11. The largest absolute Gasteiger partial charge is 0.458 e. The summed E-state index contributed by atoms with van der Waals surface area (Å²) in [5, 5.41) is 0. The van der Waals surface area contributed by atoms with E-state index in [-0.39, 0.29) is 24.3 Å². The van der Waals surface area contributed by atoms with Crippen LogP contribution in [0.4, 0.5) is 0 Å². The van der Waals surface area contributed by atoms with Crippen molar-refractivity contribution in [1.29, 1.82) is 0 Å². The SMILES string of the molecule is C=C(CCB1OC(C)(C)C(C)(C)O1)C(=O)OC(C)(C)C. The smallest absolute Gasteiger partial charge is 0.457 e. The molecule has 0 spiro atoms. The normalized spacial score (nSPS) is 20.9. The molecule has 0 bridgehead atoms. The van der Waals surface area contributed by atoms with Crippen molar-refractivity contribution in [3.63, 3.8) is 0 Å². The van der Waals surface area contributed by atoms with Crippen molar-refractivity contribution in [2.75, 3.05) is 0 Å². The Bertz CT molecular complexity index is 377. The van der Waals surface area contributed by atoms with Crippen LogP contribution in [0.25, 0.3) is 0 Å². The van der Waals surface area contributed by atoms with Gasteiger partial charge in [0.1, 0.15) is 5.60 Å². The van der Waals surface area contributed by atoms with Crippen LogP contribution >= 0.6 is 0 Å². The van der Waals surface area contributed by atoms with E-state index in [1.807, 2.05) is 48.5 Å². The first kappa shape index (κ1) is 17.2. The van der Waals surface area contributed by atoms with Gasteiger partial charge in [-0.25, -0.2) is 4.79 Å². The number of esters is 1. The van der Waals surface area contributed by atoms with E-state index >= 15 is 0 Å². The second-order valence-electron chi connectivity index (χ2n) is 7.33. The molecule has 1 aliphatic heterocycles. The Morgan fingerprint density at radius 2 is 1.60 bits per heavy atom. The monoisotopic (exact) mass is 282 g/mol. The van der Waals surface area contributed by atoms with Crippen LogP contribution in [0.3, 0.4) is 0 Å². The minimum atomic E-state index is -0.496. The molecule has 0 N–H and O–H groups in total. The maximum absolute atomic E-state index is 11.8. The molecule has 114 valence electrons. The summed E-state index contributed by atoms with van der Waals surface area (Å²) < 4.78 is 17.0. The third-order valence-electron chi connectivity index (χ3n) is 3.67. The molecule has 1 heterocycles. The highest BCUT2D eigenvalue weighted by molar-refractivity contribution is 6.45. The van der Waals surface area contributed by atoms with Crippen molar-refractivity contribution in [2.24, 2.45) is 0 Å². The third kappa shape index (κ3) is 4.35. The molecule has 0 amide bonds. The molecule has 1 saturated heterocycles. The molecule has 0 aromatic rings. The summed E-state index contributed by atoms with van der Waals surface area (Å²) in [6.07, 6.45) is 1.11. The minimum absolute atomic E-state index is 0.306. The lowest BCUT2D eigenvalue weighted by Crippen LogP contribution is -2.41. The zero-order valence-corrected chi connectivity index (χ0v) is 13.8. The topological polar surface area (TPSA) is 44.8 Å². The fourth-order valence-corrected chi connectivity index (χ4v) is 1.83. The predicted molar refractivity (Wildman–Crippen MR) is 80.5 cm³/mol. The van der Waals surface area contributed by atoms with Crippen molar-refractivity contribution in [3.8, 4) is 0 Å². The van der Waals surface area contributed by atoms with Crippen LogP contribution in [0.5, 0.6) is 0 Å². The van der Waals surface area contributed by atoms with Crippen LogP contribution in [0, 0.1) is 0 Å². The summed E-state index contributed by atoms with van der Waals surface area (Å²) in [5.41, 5.74) is -0.727. The fourth-order valence-electron chi connectivity index (χ4n) is 1.83. The molecule has 0 saturated carbocycles. The highest BCUT2D eigenvalue weighted by atomic mass is 16.7. The van der Waals surface area contributed by atoms with Crippen molar-refractivity contribution >= 4 is 13.1 Å². The summed E-state index contributed by atoms with van der Waals surface area (Å²) in [6, 6.07) is 0. The van der Waals surface area contributed by atoms with Crippen molar-refractivity contribution < 1.29 is 18.8 Å². The van der Waals surface area contributed by atoms with E-state index in [2.05, 4.69) is 6.58 Å². The number of carbonyl (C=O) groups is 1. The zero-order chi connectivity index (χ0) is 15.8. The maximum Gasteiger partial charge on any atom is 0.458 e. The van der Waals surface area contributed by atoms with Gasteiger partial charge < -0.3 is 14.0 Å².